The predicted octanol–water partition coefficient (Wildman–Crippen LogP) is 4.35. The van der Waals surface area contributed by atoms with E-state index in [0.717, 1.165) is 18.8 Å². The second-order valence-corrected chi connectivity index (χ2v) is 5.50. The summed E-state index contributed by atoms with van der Waals surface area (Å²) in [6.45, 7) is 5.90. The number of halogens is 1. The largest absolute Gasteiger partial charge is 0.372 e. The molecule has 2 aromatic carbocycles. The molecule has 24 heavy (non-hydrogen) atoms. The first kappa shape index (κ1) is 17.7. The number of benzene rings is 2. The molecule has 0 atom stereocenters. The Morgan fingerprint density at radius 1 is 1.17 bits per heavy atom. The molecule has 0 radical (unpaired) electrons. The summed E-state index contributed by atoms with van der Waals surface area (Å²) in [5.74, 6) is -0.335. The summed E-state index contributed by atoms with van der Waals surface area (Å²) in [7, 11) is 0. The van der Waals surface area contributed by atoms with Gasteiger partial charge in [0.2, 0.25) is 0 Å². The van der Waals surface area contributed by atoms with Gasteiger partial charge in [0.1, 0.15) is 5.02 Å². The third-order valence-electron chi connectivity index (χ3n) is 3.66. The Morgan fingerprint density at radius 3 is 2.33 bits per heavy atom. The van der Waals surface area contributed by atoms with E-state index in [2.05, 4.69) is 24.1 Å². The van der Waals surface area contributed by atoms with E-state index >= 15 is 0 Å². The van der Waals surface area contributed by atoms with Crippen molar-refractivity contribution in [1.29, 1.82) is 0 Å². The highest BCUT2D eigenvalue weighted by Crippen LogP contribution is 2.27. The van der Waals surface area contributed by atoms with Gasteiger partial charge in [0.15, 0.2) is 0 Å². The first-order valence-electron chi connectivity index (χ1n) is 7.56. The normalized spacial score (nSPS) is 10.3. The van der Waals surface area contributed by atoms with Crippen molar-refractivity contribution in [2.24, 2.45) is 0 Å². The maximum absolute atomic E-state index is 12.3. The van der Waals surface area contributed by atoms with Gasteiger partial charge < -0.3 is 10.2 Å². The molecule has 2 rings (SSSR count). The smallest absolute Gasteiger partial charge is 0.289 e. The molecule has 0 unspecified atom stereocenters. The van der Waals surface area contributed by atoms with Gasteiger partial charge in [-0.1, -0.05) is 11.6 Å². The molecule has 0 heterocycles. The number of nitro groups is 1. The molecule has 2 aromatic rings. The molecule has 7 heteroatoms. The van der Waals surface area contributed by atoms with Gasteiger partial charge in [-0.15, -0.1) is 0 Å². The second-order valence-electron chi connectivity index (χ2n) is 5.10. The molecule has 0 bridgehead atoms. The minimum absolute atomic E-state index is 0.0292. The van der Waals surface area contributed by atoms with Crippen LogP contribution in [0.15, 0.2) is 42.5 Å². The molecule has 0 aliphatic carbocycles. The lowest BCUT2D eigenvalue weighted by Gasteiger charge is -2.21. The number of carbonyl (C=O) groups is 1. The molecule has 1 amide bonds. The van der Waals surface area contributed by atoms with E-state index in [0.29, 0.717) is 11.3 Å². The fraction of sp³-hybridized carbons (Fsp3) is 0.235. The van der Waals surface area contributed by atoms with E-state index < -0.39 is 4.92 Å². The van der Waals surface area contributed by atoms with Crippen LogP contribution in [0, 0.1) is 10.1 Å². The van der Waals surface area contributed by atoms with Crippen LogP contribution in [-0.2, 0) is 0 Å². The van der Waals surface area contributed by atoms with Crippen LogP contribution in [-0.4, -0.2) is 23.9 Å². The summed E-state index contributed by atoms with van der Waals surface area (Å²) in [5, 5.41) is 13.6. The topological polar surface area (TPSA) is 75.5 Å². The number of nitro benzene ring substituents is 1. The van der Waals surface area contributed by atoms with E-state index in [9.17, 15) is 14.9 Å². The molecule has 0 aliphatic heterocycles. The van der Waals surface area contributed by atoms with E-state index in [4.69, 9.17) is 11.6 Å². The van der Waals surface area contributed by atoms with Crippen LogP contribution < -0.4 is 10.2 Å². The zero-order chi connectivity index (χ0) is 17.7. The molecule has 1 N–H and O–H groups in total. The fourth-order valence-corrected chi connectivity index (χ4v) is 2.53. The van der Waals surface area contributed by atoms with Crippen LogP contribution in [0.3, 0.4) is 0 Å². The van der Waals surface area contributed by atoms with Gasteiger partial charge in [0.05, 0.1) is 4.92 Å². The maximum Gasteiger partial charge on any atom is 0.289 e. The van der Waals surface area contributed by atoms with Crippen LogP contribution in [0.2, 0.25) is 5.02 Å². The van der Waals surface area contributed by atoms with Crippen LogP contribution in [0.25, 0.3) is 0 Å². The number of amides is 1. The summed E-state index contributed by atoms with van der Waals surface area (Å²) < 4.78 is 0. The number of nitrogens with zero attached hydrogens (tertiary/aromatic N) is 2. The SMILES string of the molecule is CCN(CC)c1ccc(C(=O)Nc2ccc(Cl)c([N+](=O)[O-])c2)cc1. The number of carbonyl (C=O) groups excluding carboxylic acids is 1. The third-order valence-corrected chi connectivity index (χ3v) is 3.98. The van der Waals surface area contributed by atoms with Gasteiger partial charge in [0.25, 0.3) is 11.6 Å². The van der Waals surface area contributed by atoms with Crippen molar-refractivity contribution in [2.75, 3.05) is 23.3 Å². The molecule has 0 saturated heterocycles. The standard InChI is InChI=1S/C17H18ClN3O3/c1-3-20(4-2)14-8-5-12(6-9-14)17(22)19-13-7-10-15(18)16(11-13)21(23)24/h5-11H,3-4H2,1-2H3,(H,19,22). The Kier molecular flexibility index (Phi) is 5.76. The Morgan fingerprint density at radius 2 is 1.79 bits per heavy atom. The minimum atomic E-state index is -0.586. The van der Waals surface area contributed by atoms with Crippen LogP contribution in [0.1, 0.15) is 24.2 Å². The number of rotatable bonds is 6. The number of nitrogens with one attached hydrogen (secondary N) is 1. The fourth-order valence-electron chi connectivity index (χ4n) is 2.35. The summed E-state index contributed by atoms with van der Waals surface area (Å²) in [6, 6.07) is 11.4. The van der Waals surface area contributed by atoms with E-state index in [-0.39, 0.29) is 16.6 Å². The van der Waals surface area contributed by atoms with Gasteiger partial charge in [-0.05, 0) is 50.2 Å². The lowest BCUT2D eigenvalue weighted by Crippen LogP contribution is -2.21. The molecule has 126 valence electrons. The van der Waals surface area contributed by atoms with Crippen LogP contribution >= 0.6 is 11.6 Å². The number of anilines is 2. The van der Waals surface area contributed by atoms with Gasteiger partial charge >= 0.3 is 0 Å². The molecule has 0 aliphatic rings. The summed E-state index contributed by atoms with van der Waals surface area (Å²) in [6.07, 6.45) is 0. The second kappa shape index (κ2) is 7.79. The van der Waals surface area contributed by atoms with Crippen molar-refractivity contribution in [3.63, 3.8) is 0 Å². The quantitative estimate of drug-likeness (QED) is 0.622. The van der Waals surface area contributed by atoms with Crippen LogP contribution in [0.5, 0.6) is 0 Å². The monoisotopic (exact) mass is 347 g/mol. The van der Waals surface area contributed by atoms with Gasteiger partial charge in [-0.3, -0.25) is 14.9 Å². The molecular formula is C17H18ClN3O3. The number of hydrogen-bond donors (Lipinski definition) is 1. The summed E-state index contributed by atoms with van der Waals surface area (Å²) in [4.78, 5) is 24.7. The highest BCUT2D eigenvalue weighted by atomic mass is 35.5. The highest BCUT2D eigenvalue weighted by Gasteiger charge is 2.14. The zero-order valence-corrected chi connectivity index (χ0v) is 14.2. The Labute approximate surface area is 145 Å². The first-order chi connectivity index (χ1) is 11.5. The van der Waals surface area contributed by atoms with Crippen molar-refractivity contribution < 1.29 is 9.72 Å². The Bertz CT molecular complexity index is 743. The molecule has 6 nitrogen and oxygen atoms in total. The average Bonchev–Trinajstić information content (AvgIpc) is 2.58. The first-order valence-corrected chi connectivity index (χ1v) is 7.94. The average molecular weight is 348 g/mol. The molecular weight excluding hydrogens is 330 g/mol. The number of hydrogen-bond acceptors (Lipinski definition) is 4. The van der Waals surface area contributed by atoms with E-state index in [1.807, 2.05) is 12.1 Å². The predicted molar refractivity (Wildman–Crippen MR) is 96.1 cm³/mol. The van der Waals surface area contributed by atoms with Gasteiger partial charge in [-0.2, -0.15) is 0 Å². The summed E-state index contributed by atoms with van der Waals surface area (Å²) in [5.41, 5.74) is 1.59. The van der Waals surface area contributed by atoms with Crippen molar-refractivity contribution in [3.05, 3.63) is 63.2 Å². The lowest BCUT2D eigenvalue weighted by atomic mass is 10.1. The van der Waals surface area contributed by atoms with Crippen molar-refractivity contribution in [2.45, 2.75) is 13.8 Å². The van der Waals surface area contributed by atoms with E-state index in [1.165, 1.54) is 18.2 Å². The molecule has 0 aromatic heterocycles. The third kappa shape index (κ3) is 4.02. The molecule has 0 spiro atoms. The van der Waals surface area contributed by atoms with E-state index in [1.54, 1.807) is 12.1 Å². The van der Waals surface area contributed by atoms with Crippen LogP contribution in [0.4, 0.5) is 17.1 Å². The highest BCUT2D eigenvalue weighted by molar-refractivity contribution is 6.32. The van der Waals surface area contributed by atoms with Gasteiger partial charge in [-0.25, -0.2) is 0 Å². The van der Waals surface area contributed by atoms with Crippen molar-refractivity contribution in [1.82, 2.24) is 0 Å². The lowest BCUT2D eigenvalue weighted by molar-refractivity contribution is -0.384. The van der Waals surface area contributed by atoms with Gasteiger partial charge in [0, 0.05) is 36.1 Å². The summed E-state index contributed by atoms with van der Waals surface area (Å²) >= 11 is 5.76. The zero-order valence-electron chi connectivity index (χ0n) is 13.5. The maximum atomic E-state index is 12.3. The van der Waals surface area contributed by atoms with Crippen molar-refractivity contribution in [3.8, 4) is 0 Å². The minimum Gasteiger partial charge on any atom is -0.372 e. The Hall–Kier alpha value is -2.60. The molecule has 0 saturated carbocycles. The molecule has 0 fully saturated rings. The Balaban J connectivity index is 2.15. The van der Waals surface area contributed by atoms with Crippen molar-refractivity contribution >= 4 is 34.6 Å².